The van der Waals surface area contributed by atoms with Gasteiger partial charge in [-0.3, -0.25) is 4.57 Å². The zero-order chi connectivity index (χ0) is 11.8. The van der Waals surface area contributed by atoms with Gasteiger partial charge in [0.25, 0.3) is 0 Å². The van der Waals surface area contributed by atoms with Crippen LogP contribution in [0.15, 0.2) is 24.5 Å². The normalized spacial score (nSPS) is 13.8. The van der Waals surface area contributed by atoms with Crippen molar-refractivity contribution < 1.29 is 0 Å². The quantitative estimate of drug-likeness (QED) is 0.858. The van der Waals surface area contributed by atoms with E-state index >= 15 is 0 Å². The fourth-order valence-electron chi connectivity index (χ4n) is 2.28. The molecule has 88 valence electrons. The van der Waals surface area contributed by atoms with Gasteiger partial charge in [-0.05, 0) is 30.2 Å². The van der Waals surface area contributed by atoms with Crippen LogP contribution in [0.1, 0.15) is 31.2 Å². The van der Waals surface area contributed by atoms with Crippen LogP contribution >= 0.6 is 0 Å². The Labute approximate surface area is 101 Å². The number of nitrogens with one attached hydrogen (secondary N) is 1. The monoisotopic (exact) mass is 228 g/mol. The summed E-state index contributed by atoms with van der Waals surface area (Å²) in [5.41, 5.74) is 3.79. The van der Waals surface area contributed by atoms with Crippen LogP contribution in [0.4, 0.5) is 5.69 Å². The van der Waals surface area contributed by atoms with Gasteiger partial charge in [-0.1, -0.05) is 13.8 Å². The van der Waals surface area contributed by atoms with E-state index in [-0.39, 0.29) is 0 Å². The van der Waals surface area contributed by atoms with Crippen molar-refractivity contribution in [3.05, 3.63) is 35.9 Å². The number of hydrogen-bond acceptors (Lipinski definition) is 3. The third kappa shape index (κ3) is 1.69. The maximum absolute atomic E-state index is 4.18. The number of nitrogens with zero attached hydrogens (tertiary/aromatic N) is 3. The number of hydrogen-bond donors (Lipinski definition) is 1. The first-order valence-electron chi connectivity index (χ1n) is 6.03. The molecule has 0 unspecified atom stereocenters. The third-order valence-corrected chi connectivity index (χ3v) is 3.17. The Bertz CT molecular complexity index is 542. The first-order valence-corrected chi connectivity index (χ1v) is 6.03. The molecule has 0 amide bonds. The van der Waals surface area contributed by atoms with Crippen molar-refractivity contribution in [2.75, 3.05) is 11.9 Å². The Morgan fingerprint density at radius 2 is 2.24 bits per heavy atom. The minimum Gasteiger partial charge on any atom is -0.384 e. The summed E-state index contributed by atoms with van der Waals surface area (Å²) in [5, 5.41) is 11.6. The Kier molecular flexibility index (Phi) is 2.35. The molecule has 4 heteroatoms. The number of aromatic nitrogens is 3. The molecule has 2 aromatic rings. The van der Waals surface area contributed by atoms with Crippen LogP contribution in [0.5, 0.6) is 0 Å². The molecule has 1 aromatic heterocycles. The second kappa shape index (κ2) is 3.87. The Balaban J connectivity index is 2.06. The van der Waals surface area contributed by atoms with Gasteiger partial charge in [0.15, 0.2) is 0 Å². The molecule has 0 radical (unpaired) electrons. The highest BCUT2D eigenvalue weighted by atomic mass is 15.3. The van der Waals surface area contributed by atoms with E-state index in [1.807, 2.05) is 0 Å². The van der Waals surface area contributed by atoms with Gasteiger partial charge in [-0.2, -0.15) is 0 Å². The van der Waals surface area contributed by atoms with Crippen molar-refractivity contribution in [3.63, 3.8) is 0 Å². The van der Waals surface area contributed by atoms with E-state index in [4.69, 9.17) is 0 Å². The number of anilines is 1. The molecule has 1 aliphatic rings. The zero-order valence-electron chi connectivity index (χ0n) is 10.1. The van der Waals surface area contributed by atoms with E-state index in [2.05, 4.69) is 52.1 Å². The predicted octanol–water partition coefficient (Wildman–Crippen LogP) is 2.36. The second-order valence-corrected chi connectivity index (χ2v) is 4.73. The average molecular weight is 228 g/mol. The molecule has 0 saturated heterocycles. The molecule has 0 aliphatic carbocycles. The van der Waals surface area contributed by atoms with Gasteiger partial charge in [0.2, 0.25) is 0 Å². The van der Waals surface area contributed by atoms with E-state index in [9.17, 15) is 0 Å². The minimum atomic E-state index is 0.379. The standard InChI is InChI=1S/C13H16N4/c1-9(2)13-16-15-8-17(13)11-3-4-12-10(7-11)5-6-14-12/h3-4,7-9,14H,5-6H2,1-2H3. The molecule has 1 N–H and O–H groups in total. The lowest BCUT2D eigenvalue weighted by atomic mass is 10.1. The van der Waals surface area contributed by atoms with Crippen molar-refractivity contribution in [3.8, 4) is 5.69 Å². The second-order valence-electron chi connectivity index (χ2n) is 4.73. The molecule has 3 rings (SSSR count). The Morgan fingerprint density at radius 3 is 3.06 bits per heavy atom. The summed E-state index contributed by atoms with van der Waals surface area (Å²) in [5.74, 6) is 1.39. The SMILES string of the molecule is CC(C)c1nncn1-c1ccc2c(c1)CCN2. The van der Waals surface area contributed by atoms with Gasteiger partial charge in [0.1, 0.15) is 12.2 Å². The van der Waals surface area contributed by atoms with E-state index in [0.29, 0.717) is 5.92 Å². The average Bonchev–Trinajstić information content (AvgIpc) is 2.96. The molecule has 2 heterocycles. The molecule has 17 heavy (non-hydrogen) atoms. The van der Waals surface area contributed by atoms with E-state index < -0.39 is 0 Å². The Hall–Kier alpha value is -1.84. The summed E-state index contributed by atoms with van der Waals surface area (Å²) >= 11 is 0. The summed E-state index contributed by atoms with van der Waals surface area (Å²) in [4.78, 5) is 0. The summed E-state index contributed by atoms with van der Waals surface area (Å²) in [6.07, 6.45) is 2.89. The van der Waals surface area contributed by atoms with Gasteiger partial charge in [-0.25, -0.2) is 0 Å². The molecule has 0 bridgehead atoms. The molecule has 0 fully saturated rings. The number of benzene rings is 1. The molecule has 0 saturated carbocycles. The first-order chi connectivity index (χ1) is 8.25. The van der Waals surface area contributed by atoms with E-state index in [1.54, 1.807) is 6.33 Å². The van der Waals surface area contributed by atoms with Gasteiger partial charge < -0.3 is 5.32 Å². The fraction of sp³-hybridized carbons (Fsp3) is 0.385. The van der Waals surface area contributed by atoms with Crippen molar-refractivity contribution in [1.82, 2.24) is 14.8 Å². The largest absolute Gasteiger partial charge is 0.384 e. The van der Waals surface area contributed by atoms with Gasteiger partial charge in [-0.15, -0.1) is 10.2 Å². The minimum absolute atomic E-state index is 0.379. The van der Waals surface area contributed by atoms with Crippen LogP contribution in [0, 0.1) is 0 Å². The molecule has 0 spiro atoms. The van der Waals surface area contributed by atoms with Crippen LogP contribution in [-0.4, -0.2) is 21.3 Å². The smallest absolute Gasteiger partial charge is 0.139 e. The summed E-state index contributed by atoms with van der Waals surface area (Å²) in [6, 6.07) is 6.48. The van der Waals surface area contributed by atoms with Crippen LogP contribution < -0.4 is 5.32 Å². The summed E-state index contributed by atoms with van der Waals surface area (Å²) < 4.78 is 2.07. The van der Waals surface area contributed by atoms with Crippen molar-refractivity contribution in [2.24, 2.45) is 0 Å². The molecular formula is C13H16N4. The van der Waals surface area contributed by atoms with Crippen LogP contribution in [0.25, 0.3) is 5.69 Å². The van der Waals surface area contributed by atoms with Crippen molar-refractivity contribution in [1.29, 1.82) is 0 Å². The maximum Gasteiger partial charge on any atom is 0.139 e. The lowest BCUT2D eigenvalue weighted by Crippen LogP contribution is -2.02. The van der Waals surface area contributed by atoms with Crippen LogP contribution in [-0.2, 0) is 6.42 Å². The number of rotatable bonds is 2. The molecule has 1 aromatic carbocycles. The summed E-state index contributed by atoms with van der Waals surface area (Å²) in [6.45, 7) is 5.31. The van der Waals surface area contributed by atoms with Crippen molar-refractivity contribution in [2.45, 2.75) is 26.2 Å². The molecular weight excluding hydrogens is 212 g/mol. The lowest BCUT2D eigenvalue weighted by Gasteiger charge is -2.10. The maximum atomic E-state index is 4.18. The van der Waals surface area contributed by atoms with E-state index in [0.717, 1.165) is 24.5 Å². The van der Waals surface area contributed by atoms with E-state index in [1.165, 1.54) is 11.3 Å². The zero-order valence-corrected chi connectivity index (χ0v) is 10.1. The van der Waals surface area contributed by atoms with Gasteiger partial charge >= 0.3 is 0 Å². The Morgan fingerprint density at radius 1 is 1.35 bits per heavy atom. The van der Waals surface area contributed by atoms with Gasteiger partial charge in [0, 0.05) is 23.8 Å². The van der Waals surface area contributed by atoms with Crippen LogP contribution in [0.3, 0.4) is 0 Å². The van der Waals surface area contributed by atoms with Gasteiger partial charge in [0.05, 0.1) is 0 Å². The van der Waals surface area contributed by atoms with Crippen LogP contribution in [0.2, 0.25) is 0 Å². The summed E-state index contributed by atoms with van der Waals surface area (Å²) in [7, 11) is 0. The predicted molar refractivity (Wildman–Crippen MR) is 67.6 cm³/mol. The third-order valence-electron chi connectivity index (χ3n) is 3.17. The molecule has 0 atom stereocenters. The molecule has 1 aliphatic heterocycles. The highest BCUT2D eigenvalue weighted by Crippen LogP contribution is 2.26. The highest BCUT2D eigenvalue weighted by molar-refractivity contribution is 5.59. The highest BCUT2D eigenvalue weighted by Gasteiger charge is 2.14. The first kappa shape index (κ1) is 10.3. The lowest BCUT2D eigenvalue weighted by molar-refractivity contribution is 0.745. The molecule has 4 nitrogen and oxygen atoms in total. The topological polar surface area (TPSA) is 42.7 Å². The fourth-order valence-corrected chi connectivity index (χ4v) is 2.28. The van der Waals surface area contributed by atoms with Crippen molar-refractivity contribution >= 4 is 5.69 Å². The number of fused-ring (bicyclic) bond motifs is 1.